The lowest BCUT2D eigenvalue weighted by Crippen LogP contribution is -2.13. The Morgan fingerprint density at radius 1 is 1.33 bits per heavy atom. The summed E-state index contributed by atoms with van der Waals surface area (Å²) in [5.74, 6) is 1.09. The Labute approximate surface area is 112 Å². The second-order valence-electron chi connectivity index (χ2n) is 4.20. The molecule has 0 fully saturated rings. The van der Waals surface area contributed by atoms with Gasteiger partial charge in [-0.3, -0.25) is 4.68 Å². The monoisotopic (exact) mass is 262 g/mol. The van der Waals surface area contributed by atoms with Gasteiger partial charge >= 0.3 is 0 Å². The molecule has 0 aliphatic heterocycles. The highest BCUT2D eigenvalue weighted by Gasteiger charge is 2.09. The first-order valence-corrected chi connectivity index (χ1v) is 7.01. The Balaban J connectivity index is 2.02. The highest BCUT2D eigenvalue weighted by molar-refractivity contribution is 7.99. The van der Waals surface area contributed by atoms with E-state index in [0.29, 0.717) is 6.42 Å². The smallest absolute Gasteiger partial charge is 0.0845 e. The van der Waals surface area contributed by atoms with Crippen LogP contribution in [-0.4, -0.2) is 20.7 Å². The Morgan fingerprint density at radius 2 is 2.06 bits per heavy atom. The van der Waals surface area contributed by atoms with Gasteiger partial charge in [0.25, 0.3) is 0 Å². The average Bonchev–Trinajstić information content (AvgIpc) is 2.76. The van der Waals surface area contributed by atoms with Gasteiger partial charge in [-0.1, -0.05) is 24.3 Å². The molecule has 4 nitrogen and oxygen atoms in total. The van der Waals surface area contributed by atoms with Crippen LogP contribution in [0.5, 0.6) is 0 Å². The van der Waals surface area contributed by atoms with E-state index in [4.69, 9.17) is 5.73 Å². The van der Waals surface area contributed by atoms with Gasteiger partial charge in [-0.15, -0.1) is 16.9 Å². The third-order valence-electron chi connectivity index (χ3n) is 2.70. The second-order valence-corrected chi connectivity index (χ2v) is 5.53. The molecule has 1 aromatic heterocycles. The fraction of sp³-hybridized carbons (Fsp3) is 0.385. The molecule has 18 heavy (non-hydrogen) atoms. The quantitative estimate of drug-likeness (QED) is 0.839. The lowest BCUT2D eigenvalue weighted by atomic mass is 10.0. The summed E-state index contributed by atoms with van der Waals surface area (Å²) in [7, 11) is 1.86. The van der Waals surface area contributed by atoms with Gasteiger partial charge in [-0.25, -0.2) is 0 Å². The Kier molecular flexibility index (Phi) is 4.38. The Bertz CT molecular complexity index is 492. The highest BCUT2D eigenvalue weighted by Crippen LogP contribution is 2.21. The van der Waals surface area contributed by atoms with Crippen molar-refractivity contribution in [2.45, 2.75) is 24.3 Å². The van der Waals surface area contributed by atoms with E-state index in [2.05, 4.69) is 41.5 Å². The summed E-state index contributed by atoms with van der Waals surface area (Å²) in [6.07, 6.45) is 2.62. The van der Waals surface area contributed by atoms with E-state index in [-0.39, 0.29) is 6.04 Å². The van der Waals surface area contributed by atoms with Gasteiger partial charge in [0.05, 0.1) is 5.69 Å². The Morgan fingerprint density at radius 3 is 2.61 bits per heavy atom. The predicted octanol–water partition coefficient (Wildman–Crippen LogP) is 2.17. The van der Waals surface area contributed by atoms with Crippen molar-refractivity contribution in [3.8, 4) is 0 Å². The van der Waals surface area contributed by atoms with Crippen LogP contribution in [0.3, 0.4) is 0 Å². The first kappa shape index (κ1) is 13.1. The van der Waals surface area contributed by atoms with E-state index in [1.165, 1.54) is 4.90 Å². The van der Waals surface area contributed by atoms with Crippen LogP contribution in [0.1, 0.15) is 24.2 Å². The molecule has 2 rings (SSSR count). The zero-order valence-corrected chi connectivity index (χ0v) is 11.5. The van der Waals surface area contributed by atoms with Crippen molar-refractivity contribution >= 4 is 11.8 Å². The van der Waals surface area contributed by atoms with Crippen LogP contribution in [0.4, 0.5) is 0 Å². The SMILES string of the molecule is CCSc1ccc(C(N)Cc2cn(C)nn2)cc1. The number of nitrogens with two attached hydrogens (primary N) is 1. The third kappa shape index (κ3) is 3.34. The maximum Gasteiger partial charge on any atom is 0.0845 e. The second kappa shape index (κ2) is 6.02. The number of rotatable bonds is 5. The standard InChI is InChI=1S/C13H18N4S/c1-3-18-12-6-4-10(5-7-12)13(14)8-11-9-17(2)16-15-11/h4-7,9,13H,3,8,14H2,1-2H3. The molecule has 1 aromatic carbocycles. The summed E-state index contributed by atoms with van der Waals surface area (Å²) < 4.78 is 1.70. The van der Waals surface area contributed by atoms with E-state index in [1.807, 2.05) is 25.0 Å². The van der Waals surface area contributed by atoms with Crippen LogP contribution in [-0.2, 0) is 13.5 Å². The first-order valence-electron chi connectivity index (χ1n) is 6.02. The summed E-state index contributed by atoms with van der Waals surface area (Å²) in [5.41, 5.74) is 8.24. The molecule has 1 atom stereocenters. The first-order chi connectivity index (χ1) is 8.69. The maximum atomic E-state index is 6.18. The lowest BCUT2D eigenvalue weighted by molar-refractivity contribution is 0.693. The zero-order chi connectivity index (χ0) is 13.0. The molecule has 2 aromatic rings. The van der Waals surface area contributed by atoms with Crippen molar-refractivity contribution in [2.24, 2.45) is 12.8 Å². The molecular formula is C13H18N4S. The van der Waals surface area contributed by atoms with Crippen LogP contribution in [0, 0.1) is 0 Å². The van der Waals surface area contributed by atoms with Gasteiger partial charge in [0, 0.05) is 30.6 Å². The number of hydrogen-bond acceptors (Lipinski definition) is 4. The van der Waals surface area contributed by atoms with Gasteiger partial charge in [-0.2, -0.15) is 0 Å². The van der Waals surface area contributed by atoms with Crippen molar-refractivity contribution < 1.29 is 0 Å². The number of benzene rings is 1. The van der Waals surface area contributed by atoms with Crippen molar-refractivity contribution in [3.63, 3.8) is 0 Å². The molecule has 0 radical (unpaired) electrons. The molecule has 5 heteroatoms. The van der Waals surface area contributed by atoms with E-state index >= 15 is 0 Å². The molecule has 0 saturated carbocycles. The summed E-state index contributed by atoms with van der Waals surface area (Å²) >= 11 is 1.84. The molecular weight excluding hydrogens is 244 g/mol. The number of aromatic nitrogens is 3. The maximum absolute atomic E-state index is 6.18. The minimum atomic E-state index is -0.0256. The molecule has 96 valence electrons. The van der Waals surface area contributed by atoms with Gasteiger partial charge < -0.3 is 5.73 Å². The molecule has 0 saturated heterocycles. The van der Waals surface area contributed by atoms with Crippen LogP contribution in [0.25, 0.3) is 0 Å². The van der Waals surface area contributed by atoms with E-state index < -0.39 is 0 Å². The van der Waals surface area contributed by atoms with Crippen molar-refractivity contribution in [3.05, 3.63) is 41.7 Å². The van der Waals surface area contributed by atoms with Gasteiger partial charge in [0.15, 0.2) is 0 Å². The predicted molar refractivity (Wildman–Crippen MR) is 74.5 cm³/mol. The van der Waals surface area contributed by atoms with Crippen LogP contribution >= 0.6 is 11.8 Å². The molecule has 0 bridgehead atoms. The van der Waals surface area contributed by atoms with Gasteiger partial charge in [0.2, 0.25) is 0 Å². The fourth-order valence-electron chi connectivity index (χ4n) is 1.81. The fourth-order valence-corrected chi connectivity index (χ4v) is 2.47. The number of aryl methyl sites for hydroxylation is 1. The Hall–Kier alpha value is -1.33. The number of thioether (sulfide) groups is 1. The average molecular weight is 262 g/mol. The van der Waals surface area contributed by atoms with Crippen LogP contribution in [0.15, 0.2) is 35.4 Å². The number of hydrogen-bond donors (Lipinski definition) is 1. The molecule has 1 unspecified atom stereocenters. The van der Waals surface area contributed by atoms with Crippen molar-refractivity contribution in [1.29, 1.82) is 0 Å². The summed E-state index contributed by atoms with van der Waals surface area (Å²) in [5, 5.41) is 7.97. The van der Waals surface area contributed by atoms with Gasteiger partial charge in [-0.05, 0) is 23.4 Å². The number of nitrogens with zero attached hydrogens (tertiary/aromatic N) is 3. The molecule has 2 N–H and O–H groups in total. The normalized spacial score (nSPS) is 12.6. The molecule has 1 heterocycles. The van der Waals surface area contributed by atoms with Crippen molar-refractivity contribution in [1.82, 2.24) is 15.0 Å². The van der Waals surface area contributed by atoms with E-state index in [0.717, 1.165) is 17.0 Å². The van der Waals surface area contributed by atoms with Gasteiger partial charge in [0.1, 0.15) is 0 Å². The molecule has 0 aliphatic rings. The summed E-state index contributed by atoms with van der Waals surface area (Å²) in [6.45, 7) is 2.15. The lowest BCUT2D eigenvalue weighted by Gasteiger charge is -2.10. The summed E-state index contributed by atoms with van der Waals surface area (Å²) in [4.78, 5) is 1.29. The minimum absolute atomic E-state index is 0.0256. The van der Waals surface area contributed by atoms with E-state index in [1.54, 1.807) is 4.68 Å². The third-order valence-corrected chi connectivity index (χ3v) is 3.59. The molecule has 0 amide bonds. The topological polar surface area (TPSA) is 56.7 Å². The summed E-state index contributed by atoms with van der Waals surface area (Å²) in [6, 6.07) is 8.42. The van der Waals surface area contributed by atoms with Crippen molar-refractivity contribution in [2.75, 3.05) is 5.75 Å². The minimum Gasteiger partial charge on any atom is -0.324 e. The van der Waals surface area contributed by atoms with E-state index in [9.17, 15) is 0 Å². The zero-order valence-electron chi connectivity index (χ0n) is 10.7. The highest BCUT2D eigenvalue weighted by atomic mass is 32.2. The largest absolute Gasteiger partial charge is 0.324 e. The van der Waals surface area contributed by atoms with Crippen LogP contribution in [0.2, 0.25) is 0 Å². The molecule has 0 aliphatic carbocycles. The molecule has 0 spiro atoms. The van der Waals surface area contributed by atoms with Crippen LogP contribution < -0.4 is 5.73 Å².